The number of alkyl halides is 3. The van der Waals surface area contributed by atoms with Gasteiger partial charge in [-0.3, -0.25) is 0 Å². The molecule has 118 valence electrons. The largest absolute Gasteiger partial charge is 0.484 e. The van der Waals surface area contributed by atoms with Gasteiger partial charge in [0.1, 0.15) is 5.75 Å². The quantitative estimate of drug-likeness (QED) is 0.883. The Balaban J connectivity index is 1.97. The Morgan fingerprint density at radius 1 is 1.24 bits per heavy atom. The number of nitrogens with one attached hydrogen (secondary N) is 1. The number of ether oxygens (including phenoxy) is 1. The molecule has 0 aromatic heterocycles. The highest BCUT2D eigenvalue weighted by atomic mass is 19.4. The predicted octanol–water partition coefficient (Wildman–Crippen LogP) is 4.12. The van der Waals surface area contributed by atoms with Gasteiger partial charge in [-0.2, -0.15) is 13.2 Å². The molecule has 0 aliphatic heterocycles. The summed E-state index contributed by atoms with van der Waals surface area (Å²) in [5.74, 6) is 0.689. The van der Waals surface area contributed by atoms with E-state index in [1.165, 1.54) is 0 Å². The molecule has 1 aromatic carbocycles. The van der Waals surface area contributed by atoms with Crippen molar-refractivity contribution in [1.29, 1.82) is 0 Å². The van der Waals surface area contributed by atoms with Crippen LogP contribution in [-0.2, 0) is 0 Å². The van der Waals surface area contributed by atoms with E-state index in [0.717, 1.165) is 18.5 Å². The molecule has 2 unspecified atom stereocenters. The first-order valence-corrected chi connectivity index (χ1v) is 7.27. The van der Waals surface area contributed by atoms with Gasteiger partial charge in [0.25, 0.3) is 0 Å². The van der Waals surface area contributed by atoms with Gasteiger partial charge < -0.3 is 10.1 Å². The summed E-state index contributed by atoms with van der Waals surface area (Å²) in [6.45, 7) is 6.25. The van der Waals surface area contributed by atoms with Crippen molar-refractivity contribution in [1.82, 2.24) is 5.32 Å². The fraction of sp³-hybridized carbons (Fsp3) is 0.625. The second-order valence-corrected chi connectivity index (χ2v) is 6.19. The van der Waals surface area contributed by atoms with E-state index in [9.17, 15) is 13.2 Å². The zero-order chi connectivity index (χ0) is 15.7. The van der Waals surface area contributed by atoms with Crippen molar-refractivity contribution < 1.29 is 17.9 Å². The lowest BCUT2D eigenvalue weighted by Crippen LogP contribution is -2.55. The van der Waals surface area contributed by atoms with Crippen LogP contribution in [0.3, 0.4) is 0 Å². The van der Waals surface area contributed by atoms with Gasteiger partial charge in [0.2, 0.25) is 0 Å². The molecule has 0 bridgehead atoms. The molecule has 1 aliphatic carbocycles. The lowest BCUT2D eigenvalue weighted by molar-refractivity contribution is -0.153. The summed E-state index contributed by atoms with van der Waals surface area (Å²) in [6, 6.07) is 7.49. The zero-order valence-corrected chi connectivity index (χ0v) is 12.6. The average Bonchev–Trinajstić information content (AvgIpc) is 2.41. The van der Waals surface area contributed by atoms with E-state index in [0.29, 0.717) is 12.0 Å². The van der Waals surface area contributed by atoms with Gasteiger partial charge in [0.05, 0.1) is 0 Å². The first-order chi connectivity index (χ1) is 9.74. The molecule has 2 nitrogen and oxygen atoms in total. The minimum absolute atomic E-state index is 0.157. The van der Waals surface area contributed by atoms with Crippen molar-refractivity contribution in [2.75, 3.05) is 13.2 Å². The predicted molar refractivity (Wildman–Crippen MR) is 76.6 cm³/mol. The fourth-order valence-electron chi connectivity index (χ4n) is 3.05. The lowest BCUT2D eigenvalue weighted by atomic mass is 9.56. The van der Waals surface area contributed by atoms with Crippen molar-refractivity contribution in [2.45, 2.75) is 45.3 Å². The molecule has 1 N–H and O–H groups in total. The van der Waals surface area contributed by atoms with Crippen LogP contribution in [0.2, 0.25) is 0 Å². The molecule has 0 amide bonds. The van der Waals surface area contributed by atoms with E-state index >= 15 is 0 Å². The first kappa shape index (κ1) is 16.1. The van der Waals surface area contributed by atoms with Crippen molar-refractivity contribution in [3.8, 4) is 5.75 Å². The van der Waals surface area contributed by atoms with E-state index in [4.69, 9.17) is 4.74 Å². The summed E-state index contributed by atoms with van der Waals surface area (Å²) in [7, 11) is 0. The summed E-state index contributed by atoms with van der Waals surface area (Å²) in [4.78, 5) is 0. The Bertz CT molecular complexity index is 467. The maximum absolute atomic E-state index is 12.1. The van der Waals surface area contributed by atoms with E-state index in [-0.39, 0.29) is 11.2 Å². The maximum atomic E-state index is 12.1. The topological polar surface area (TPSA) is 21.3 Å². The highest BCUT2D eigenvalue weighted by molar-refractivity contribution is 5.33. The number of benzene rings is 1. The number of hydrogen-bond donors (Lipinski definition) is 1. The Hall–Kier alpha value is -1.23. The van der Waals surface area contributed by atoms with Crippen LogP contribution >= 0.6 is 0 Å². The van der Waals surface area contributed by atoms with Crippen LogP contribution in [0, 0.1) is 5.41 Å². The molecule has 21 heavy (non-hydrogen) atoms. The molecular weight excluding hydrogens is 279 g/mol. The fourth-order valence-corrected chi connectivity index (χ4v) is 3.05. The smallest absolute Gasteiger partial charge is 0.422 e. The van der Waals surface area contributed by atoms with Crippen LogP contribution in [0.4, 0.5) is 13.2 Å². The Kier molecular flexibility index (Phi) is 4.51. The monoisotopic (exact) mass is 301 g/mol. The highest BCUT2D eigenvalue weighted by Crippen LogP contribution is 2.52. The summed E-state index contributed by atoms with van der Waals surface area (Å²) in [5.41, 5.74) is 1.32. The molecular formula is C16H22F3NO. The standard InChI is InChI=1S/C16H22F3NO/c1-4-20-14-9-13(15(14,2)3)11-5-7-12(8-6-11)21-10-16(17,18)19/h5-8,13-14,20H,4,9-10H2,1-3H3. The third-order valence-corrected chi connectivity index (χ3v) is 4.40. The Morgan fingerprint density at radius 2 is 1.86 bits per heavy atom. The highest BCUT2D eigenvalue weighted by Gasteiger charge is 2.47. The third-order valence-electron chi connectivity index (χ3n) is 4.40. The summed E-state index contributed by atoms with van der Waals surface area (Å²) < 4.78 is 41.0. The first-order valence-electron chi connectivity index (χ1n) is 7.27. The van der Waals surface area contributed by atoms with Crippen LogP contribution in [0.15, 0.2) is 24.3 Å². The van der Waals surface area contributed by atoms with E-state index in [2.05, 4.69) is 26.1 Å². The van der Waals surface area contributed by atoms with Gasteiger partial charge in [0, 0.05) is 6.04 Å². The molecule has 1 aliphatic rings. The van der Waals surface area contributed by atoms with E-state index in [1.54, 1.807) is 12.1 Å². The van der Waals surface area contributed by atoms with Crippen molar-refractivity contribution in [3.63, 3.8) is 0 Å². The molecule has 2 atom stereocenters. The number of halogens is 3. The summed E-state index contributed by atoms with van der Waals surface area (Å²) in [5, 5.41) is 3.47. The SMILES string of the molecule is CCNC1CC(c2ccc(OCC(F)(F)F)cc2)C1(C)C. The summed E-state index contributed by atoms with van der Waals surface area (Å²) >= 11 is 0. The molecule has 1 aromatic rings. The molecule has 0 radical (unpaired) electrons. The average molecular weight is 301 g/mol. The molecule has 5 heteroatoms. The van der Waals surface area contributed by atoms with Gasteiger partial charge in [-0.15, -0.1) is 0 Å². The van der Waals surface area contributed by atoms with Crippen LogP contribution in [-0.4, -0.2) is 25.4 Å². The van der Waals surface area contributed by atoms with Gasteiger partial charge in [0.15, 0.2) is 6.61 Å². The Morgan fingerprint density at radius 3 is 2.33 bits per heavy atom. The third kappa shape index (κ3) is 3.70. The minimum Gasteiger partial charge on any atom is -0.484 e. The second kappa shape index (κ2) is 5.87. The van der Waals surface area contributed by atoms with Crippen LogP contribution in [0.1, 0.15) is 38.7 Å². The lowest BCUT2D eigenvalue weighted by Gasteiger charge is -2.53. The molecule has 1 saturated carbocycles. The Labute approximate surface area is 123 Å². The molecule has 2 rings (SSSR count). The molecule has 0 heterocycles. The van der Waals surface area contributed by atoms with Crippen LogP contribution in [0.5, 0.6) is 5.75 Å². The van der Waals surface area contributed by atoms with Gasteiger partial charge in [-0.25, -0.2) is 0 Å². The normalized spacial score (nSPS) is 24.5. The van der Waals surface area contributed by atoms with Crippen molar-refractivity contribution >= 4 is 0 Å². The van der Waals surface area contributed by atoms with E-state index in [1.807, 2.05) is 12.1 Å². The van der Waals surface area contributed by atoms with Gasteiger partial charge in [-0.1, -0.05) is 32.9 Å². The zero-order valence-electron chi connectivity index (χ0n) is 12.6. The maximum Gasteiger partial charge on any atom is 0.422 e. The second-order valence-electron chi connectivity index (χ2n) is 6.19. The summed E-state index contributed by atoms with van der Waals surface area (Å²) in [6.07, 6.45) is -3.24. The van der Waals surface area contributed by atoms with Crippen LogP contribution < -0.4 is 10.1 Å². The van der Waals surface area contributed by atoms with Crippen LogP contribution in [0.25, 0.3) is 0 Å². The van der Waals surface area contributed by atoms with Crippen molar-refractivity contribution in [3.05, 3.63) is 29.8 Å². The number of hydrogen-bond acceptors (Lipinski definition) is 2. The molecule has 0 saturated heterocycles. The van der Waals surface area contributed by atoms with E-state index < -0.39 is 12.8 Å². The van der Waals surface area contributed by atoms with Crippen molar-refractivity contribution in [2.24, 2.45) is 5.41 Å². The molecule has 1 fully saturated rings. The molecule has 0 spiro atoms. The number of rotatable bonds is 5. The van der Waals surface area contributed by atoms with Gasteiger partial charge >= 0.3 is 6.18 Å². The van der Waals surface area contributed by atoms with Gasteiger partial charge in [-0.05, 0) is 42.0 Å². The minimum atomic E-state index is -4.30.